The maximum atomic E-state index is 6.08. The number of anilines is 1. The number of hydrogen-bond acceptors (Lipinski definition) is 2. The minimum Gasteiger partial charge on any atom is -0.366 e. The fraction of sp³-hybridized carbons (Fsp3) is 0.545. The standard InChI is InChI=1S/C11H16BrClN2/c1-4-10(8(3)13)15-11-7(2)5-9(12)6-14-11/h5-6,8,10H,4H2,1-3H3,(H,14,15). The van der Waals surface area contributed by atoms with E-state index in [-0.39, 0.29) is 11.4 Å². The summed E-state index contributed by atoms with van der Waals surface area (Å²) in [5, 5.41) is 3.46. The third-order valence-electron chi connectivity index (χ3n) is 2.36. The van der Waals surface area contributed by atoms with Crippen molar-refractivity contribution in [2.75, 3.05) is 5.32 Å². The average molecular weight is 292 g/mol. The van der Waals surface area contributed by atoms with E-state index in [0.717, 1.165) is 22.3 Å². The lowest BCUT2D eigenvalue weighted by Gasteiger charge is -2.20. The Morgan fingerprint density at radius 3 is 2.73 bits per heavy atom. The van der Waals surface area contributed by atoms with Crippen LogP contribution in [0.5, 0.6) is 0 Å². The molecule has 1 rings (SSSR count). The molecule has 0 spiro atoms. The van der Waals surface area contributed by atoms with Gasteiger partial charge in [-0.1, -0.05) is 6.92 Å². The lowest BCUT2D eigenvalue weighted by atomic mass is 10.1. The quantitative estimate of drug-likeness (QED) is 0.849. The number of halogens is 2. The molecule has 0 aliphatic heterocycles. The molecule has 1 aromatic heterocycles. The molecular formula is C11H16BrClN2. The molecule has 0 fully saturated rings. The van der Waals surface area contributed by atoms with Gasteiger partial charge in [-0.05, 0) is 47.8 Å². The van der Waals surface area contributed by atoms with Crippen molar-refractivity contribution in [3.63, 3.8) is 0 Å². The van der Waals surface area contributed by atoms with Gasteiger partial charge in [-0.15, -0.1) is 11.6 Å². The molecular weight excluding hydrogens is 275 g/mol. The van der Waals surface area contributed by atoms with Crippen LogP contribution in [0.25, 0.3) is 0 Å². The van der Waals surface area contributed by atoms with Crippen LogP contribution in [0, 0.1) is 6.92 Å². The van der Waals surface area contributed by atoms with E-state index >= 15 is 0 Å². The van der Waals surface area contributed by atoms with Crippen LogP contribution in [0.15, 0.2) is 16.7 Å². The molecule has 15 heavy (non-hydrogen) atoms. The van der Waals surface area contributed by atoms with Crippen LogP contribution in [-0.2, 0) is 0 Å². The van der Waals surface area contributed by atoms with E-state index in [4.69, 9.17) is 11.6 Å². The molecule has 0 radical (unpaired) electrons. The molecule has 0 aromatic carbocycles. The first-order chi connectivity index (χ1) is 7.04. The smallest absolute Gasteiger partial charge is 0.129 e. The highest BCUT2D eigenvalue weighted by atomic mass is 79.9. The third kappa shape index (κ3) is 3.65. The fourth-order valence-corrected chi connectivity index (χ4v) is 2.10. The number of aryl methyl sites for hydroxylation is 1. The first-order valence-corrected chi connectivity index (χ1v) is 6.30. The SMILES string of the molecule is CCC(Nc1ncc(Br)cc1C)C(C)Cl. The fourth-order valence-electron chi connectivity index (χ4n) is 1.41. The number of nitrogens with zero attached hydrogens (tertiary/aromatic N) is 1. The minimum atomic E-state index is 0.0971. The van der Waals surface area contributed by atoms with Crippen LogP contribution in [0.2, 0.25) is 0 Å². The zero-order valence-electron chi connectivity index (χ0n) is 9.22. The second-order valence-corrected chi connectivity index (χ2v) is 5.26. The van der Waals surface area contributed by atoms with Crippen molar-refractivity contribution in [2.24, 2.45) is 0 Å². The van der Waals surface area contributed by atoms with E-state index in [1.54, 1.807) is 6.20 Å². The van der Waals surface area contributed by atoms with Crippen LogP contribution in [0.1, 0.15) is 25.8 Å². The monoisotopic (exact) mass is 290 g/mol. The van der Waals surface area contributed by atoms with Gasteiger partial charge in [0.2, 0.25) is 0 Å². The van der Waals surface area contributed by atoms with Crippen molar-refractivity contribution in [2.45, 2.75) is 38.6 Å². The predicted octanol–water partition coefficient (Wildman–Crippen LogP) is 3.97. The van der Waals surface area contributed by atoms with Crippen molar-refractivity contribution in [1.82, 2.24) is 4.98 Å². The average Bonchev–Trinajstić information content (AvgIpc) is 2.16. The molecule has 1 aromatic rings. The van der Waals surface area contributed by atoms with Gasteiger partial charge in [-0.2, -0.15) is 0 Å². The van der Waals surface area contributed by atoms with E-state index in [1.165, 1.54) is 0 Å². The summed E-state index contributed by atoms with van der Waals surface area (Å²) in [5.41, 5.74) is 1.13. The molecule has 1 N–H and O–H groups in total. The number of nitrogens with one attached hydrogen (secondary N) is 1. The molecule has 0 aliphatic rings. The van der Waals surface area contributed by atoms with Crippen molar-refractivity contribution < 1.29 is 0 Å². The lowest BCUT2D eigenvalue weighted by molar-refractivity contribution is 0.675. The highest BCUT2D eigenvalue weighted by Crippen LogP contribution is 2.19. The van der Waals surface area contributed by atoms with Crippen LogP contribution >= 0.6 is 27.5 Å². The predicted molar refractivity (Wildman–Crippen MR) is 69.7 cm³/mol. The lowest BCUT2D eigenvalue weighted by Crippen LogP contribution is -2.27. The van der Waals surface area contributed by atoms with E-state index < -0.39 is 0 Å². The third-order valence-corrected chi connectivity index (χ3v) is 3.10. The van der Waals surface area contributed by atoms with Gasteiger partial charge < -0.3 is 5.32 Å². The van der Waals surface area contributed by atoms with Crippen molar-refractivity contribution >= 4 is 33.3 Å². The number of hydrogen-bond donors (Lipinski definition) is 1. The number of rotatable bonds is 4. The number of aromatic nitrogens is 1. The molecule has 4 heteroatoms. The van der Waals surface area contributed by atoms with Gasteiger partial charge in [-0.3, -0.25) is 0 Å². The zero-order chi connectivity index (χ0) is 11.4. The molecule has 0 saturated heterocycles. The summed E-state index contributed by atoms with van der Waals surface area (Å²) in [6.07, 6.45) is 2.78. The maximum absolute atomic E-state index is 6.08. The van der Waals surface area contributed by atoms with E-state index in [1.807, 2.05) is 19.9 Å². The van der Waals surface area contributed by atoms with Crippen LogP contribution < -0.4 is 5.32 Å². The Kier molecular flexibility index (Phi) is 4.87. The van der Waals surface area contributed by atoms with E-state index in [0.29, 0.717) is 0 Å². The first-order valence-electron chi connectivity index (χ1n) is 5.07. The molecule has 0 aliphatic carbocycles. The minimum absolute atomic E-state index is 0.0971. The summed E-state index contributed by atoms with van der Waals surface area (Å²) in [7, 11) is 0. The van der Waals surface area contributed by atoms with Gasteiger partial charge in [0.25, 0.3) is 0 Å². The Balaban J connectivity index is 2.79. The summed E-state index contributed by atoms with van der Waals surface area (Å²) in [4.78, 5) is 4.33. The van der Waals surface area contributed by atoms with E-state index in [9.17, 15) is 0 Å². The normalized spacial score (nSPS) is 14.7. The molecule has 2 unspecified atom stereocenters. The summed E-state index contributed by atoms with van der Waals surface area (Å²) < 4.78 is 0.998. The Morgan fingerprint density at radius 2 is 2.27 bits per heavy atom. The second kappa shape index (κ2) is 5.71. The zero-order valence-corrected chi connectivity index (χ0v) is 11.6. The molecule has 2 nitrogen and oxygen atoms in total. The summed E-state index contributed by atoms with van der Waals surface area (Å²) in [6, 6.07) is 2.31. The maximum Gasteiger partial charge on any atom is 0.129 e. The molecule has 84 valence electrons. The Hall–Kier alpha value is -0.280. The van der Waals surface area contributed by atoms with Crippen LogP contribution in [-0.4, -0.2) is 16.4 Å². The molecule has 1 heterocycles. The van der Waals surface area contributed by atoms with Gasteiger partial charge in [0, 0.05) is 16.7 Å². The largest absolute Gasteiger partial charge is 0.366 e. The molecule has 2 atom stereocenters. The second-order valence-electron chi connectivity index (χ2n) is 3.66. The highest BCUT2D eigenvalue weighted by molar-refractivity contribution is 9.10. The number of alkyl halides is 1. The van der Waals surface area contributed by atoms with Crippen LogP contribution in [0.4, 0.5) is 5.82 Å². The highest BCUT2D eigenvalue weighted by Gasteiger charge is 2.13. The van der Waals surface area contributed by atoms with Crippen molar-refractivity contribution in [3.05, 3.63) is 22.3 Å². The topological polar surface area (TPSA) is 24.9 Å². The number of pyridine rings is 1. The summed E-state index contributed by atoms with van der Waals surface area (Å²) >= 11 is 9.47. The van der Waals surface area contributed by atoms with Gasteiger partial charge in [-0.25, -0.2) is 4.98 Å². The Labute approximate surface area is 105 Å². The molecule has 0 saturated carbocycles. The molecule has 0 amide bonds. The van der Waals surface area contributed by atoms with E-state index in [2.05, 4.69) is 33.2 Å². The van der Waals surface area contributed by atoms with Gasteiger partial charge in [0.15, 0.2) is 0 Å². The van der Waals surface area contributed by atoms with Crippen LogP contribution in [0.3, 0.4) is 0 Å². The van der Waals surface area contributed by atoms with Gasteiger partial charge in [0.1, 0.15) is 5.82 Å². The van der Waals surface area contributed by atoms with Crippen molar-refractivity contribution in [3.8, 4) is 0 Å². The van der Waals surface area contributed by atoms with Gasteiger partial charge >= 0.3 is 0 Å². The van der Waals surface area contributed by atoms with Gasteiger partial charge in [0.05, 0.1) is 5.38 Å². The van der Waals surface area contributed by atoms with Crippen molar-refractivity contribution in [1.29, 1.82) is 0 Å². The Bertz CT molecular complexity index is 328. The molecule has 0 bridgehead atoms. The Morgan fingerprint density at radius 1 is 1.60 bits per heavy atom. The summed E-state index contributed by atoms with van der Waals surface area (Å²) in [5.74, 6) is 0.914. The summed E-state index contributed by atoms with van der Waals surface area (Å²) in [6.45, 7) is 6.15. The first kappa shape index (κ1) is 12.8.